The number of ether oxygens (including phenoxy) is 1. The number of benzene rings is 1. The van der Waals surface area contributed by atoms with Crippen LogP contribution in [0.15, 0.2) is 24.3 Å². The average molecular weight is 330 g/mol. The summed E-state index contributed by atoms with van der Waals surface area (Å²) < 4.78 is 5.16. The van der Waals surface area contributed by atoms with Crippen molar-refractivity contribution >= 4 is 5.91 Å². The van der Waals surface area contributed by atoms with Gasteiger partial charge in [-0.3, -0.25) is 9.69 Å². The molecule has 4 heteroatoms. The molecular formula is C20H30N2O2. The van der Waals surface area contributed by atoms with Gasteiger partial charge in [-0.15, -0.1) is 0 Å². The highest BCUT2D eigenvalue weighted by Gasteiger charge is 2.67. The number of rotatable bonds is 5. The van der Waals surface area contributed by atoms with E-state index >= 15 is 0 Å². The molecule has 0 aromatic heterocycles. The van der Waals surface area contributed by atoms with E-state index in [1.165, 1.54) is 11.1 Å². The fourth-order valence-corrected chi connectivity index (χ4v) is 4.10. The second kappa shape index (κ2) is 6.49. The highest BCUT2D eigenvalue weighted by molar-refractivity contribution is 5.93. The van der Waals surface area contributed by atoms with Crippen LogP contribution < -0.4 is 0 Å². The molecule has 1 aromatic rings. The zero-order valence-electron chi connectivity index (χ0n) is 15.5. The molecule has 2 fully saturated rings. The third kappa shape index (κ3) is 2.98. The third-order valence-electron chi connectivity index (χ3n) is 5.92. The van der Waals surface area contributed by atoms with E-state index in [0.717, 1.165) is 45.8 Å². The Morgan fingerprint density at radius 1 is 1.12 bits per heavy atom. The van der Waals surface area contributed by atoms with Gasteiger partial charge in [-0.25, -0.2) is 0 Å². The minimum Gasteiger partial charge on any atom is -0.383 e. The van der Waals surface area contributed by atoms with Crippen molar-refractivity contribution in [2.45, 2.75) is 32.6 Å². The van der Waals surface area contributed by atoms with E-state index in [1.54, 1.807) is 7.11 Å². The largest absolute Gasteiger partial charge is 0.383 e. The van der Waals surface area contributed by atoms with Gasteiger partial charge in [-0.2, -0.15) is 0 Å². The summed E-state index contributed by atoms with van der Waals surface area (Å²) in [6.07, 6.45) is 0.950. The van der Waals surface area contributed by atoms with E-state index < -0.39 is 0 Å². The minimum atomic E-state index is -0.324. The molecule has 1 unspecified atom stereocenters. The van der Waals surface area contributed by atoms with Crippen molar-refractivity contribution in [2.24, 2.45) is 5.41 Å². The standard InChI is InChI=1S/C20H30N2O2/c1-16-5-7-17(8-6-16)20(15-19(20,2)3)18(23)22-11-9-21(10-12-22)13-14-24-4/h5-8H,9-15H2,1-4H3. The Bertz CT molecular complexity index is 588. The van der Waals surface area contributed by atoms with Gasteiger partial charge < -0.3 is 9.64 Å². The van der Waals surface area contributed by atoms with Crippen LogP contribution in [0.2, 0.25) is 0 Å². The molecule has 1 saturated heterocycles. The summed E-state index contributed by atoms with van der Waals surface area (Å²) in [5, 5.41) is 0. The van der Waals surface area contributed by atoms with Crippen molar-refractivity contribution in [1.82, 2.24) is 9.80 Å². The van der Waals surface area contributed by atoms with Gasteiger partial charge >= 0.3 is 0 Å². The monoisotopic (exact) mass is 330 g/mol. The van der Waals surface area contributed by atoms with Crippen molar-refractivity contribution in [2.75, 3.05) is 46.4 Å². The van der Waals surface area contributed by atoms with Gasteiger partial charge in [0.05, 0.1) is 12.0 Å². The number of carbonyl (C=O) groups is 1. The van der Waals surface area contributed by atoms with Crippen LogP contribution in [0.1, 0.15) is 31.4 Å². The van der Waals surface area contributed by atoms with Crippen molar-refractivity contribution < 1.29 is 9.53 Å². The predicted molar refractivity (Wildman–Crippen MR) is 96.2 cm³/mol. The maximum Gasteiger partial charge on any atom is 0.233 e. The lowest BCUT2D eigenvalue weighted by atomic mass is 9.86. The summed E-state index contributed by atoms with van der Waals surface area (Å²) in [7, 11) is 1.74. The molecule has 1 aliphatic carbocycles. The summed E-state index contributed by atoms with van der Waals surface area (Å²) >= 11 is 0. The van der Waals surface area contributed by atoms with Gasteiger partial charge in [0.15, 0.2) is 0 Å². The molecule has 2 aliphatic rings. The quantitative estimate of drug-likeness (QED) is 0.831. The molecule has 1 saturated carbocycles. The highest BCUT2D eigenvalue weighted by Crippen LogP contribution is 2.65. The first-order valence-corrected chi connectivity index (χ1v) is 8.98. The third-order valence-corrected chi connectivity index (χ3v) is 5.92. The summed E-state index contributed by atoms with van der Waals surface area (Å²) in [6, 6.07) is 8.55. The van der Waals surface area contributed by atoms with Crippen LogP contribution in [-0.4, -0.2) is 62.1 Å². The topological polar surface area (TPSA) is 32.8 Å². The molecule has 1 amide bonds. The van der Waals surface area contributed by atoms with Gasteiger partial charge in [-0.05, 0) is 24.3 Å². The molecule has 3 rings (SSSR count). The molecular weight excluding hydrogens is 300 g/mol. The Hall–Kier alpha value is -1.39. The number of hydrogen-bond acceptors (Lipinski definition) is 3. The van der Waals surface area contributed by atoms with Gasteiger partial charge in [-0.1, -0.05) is 43.7 Å². The van der Waals surface area contributed by atoms with Gasteiger partial charge in [0.25, 0.3) is 0 Å². The van der Waals surface area contributed by atoms with Crippen LogP contribution in [0.3, 0.4) is 0 Å². The first kappa shape index (κ1) is 17.4. The van der Waals surface area contributed by atoms with Gasteiger partial charge in [0.2, 0.25) is 5.91 Å². The average Bonchev–Trinajstić information content (AvgIpc) is 3.17. The maximum absolute atomic E-state index is 13.4. The fraction of sp³-hybridized carbons (Fsp3) is 0.650. The molecule has 0 N–H and O–H groups in total. The van der Waals surface area contributed by atoms with E-state index in [1.807, 2.05) is 0 Å². The van der Waals surface area contributed by atoms with Crippen molar-refractivity contribution in [3.05, 3.63) is 35.4 Å². The van der Waals surface area contributed by atoms with Crippen LogP contribution in [0, 0.1) is 12.3 Å². The SMILES string of the molecule is COCCN1CCN(C(=O)C2(c3ccc(C)cc3)CC2(C)C)CC1. The Morgan fingerprint density at radius 3 is 2.21 bits per heavy atom. The fourth-order valence-electron chi connectivity index (χ4n) is 4.10. The molecule has 0 spiro atoms. The van der Waals surface area contributed by atoms with Crippen molar-refractivity contribution in [3.8, 4) is 0 Å². The molecule has 4 nitrogen and oxygen atoms in total. The predicted octanol–water partition coefficient (Wildman–Crippen LogP) is 2.45. The van der Waals surface area contributed by atoms with Gasteiger partial charge in [0.1, 0.15) is 0 Å². The van der Waals surface area contributed by atoms with Crippen molar-refractivity contribution in [3.63, 3.8) is 0 Å². The Balaban J connectivity index is 1.72. The number of methoxy groups -OCH3 is 1. The summed E-state index contributed by atoms with van der Waals surface area (Å²) in [5.41, 5.74) is 2.15. The summed E-state index contributed by atoms with van der Waals surface area (Å²) in [6.45, 7) is 11.8. The zero-order chi connectivity index (χ0) is 17.4. The lowest BCUT2D eigenvalue weighted by molar-refractivity contribution is -0.136. The minimum absolute atomic E-state index is 0.0481. The van der Waals surface area contributed by atoms with Crippen LogP contribution in [0.4, 0.5) is 0 Å². The number of nitrogens with zero attached hydrogens (tertiary/aromatic N) is 2. The van der Waals surface area contributed by atoms with Crippen LogP contribution in [0.5, 0.6) is 0 Å². The highest BCUT2D eigenvalue weighted by atomic mass is 16.5. The molecule has 0 radical (unpaired) electrons. The number of aryl methyl sites for hydroxylation is 1. The zero-order valence-corrected chi connectivity index (χ0v) is 15.5. The number of piperazine rings is 1. The second-order valence-corrected chi connectivity index (χ2v) is 7.96. The number of amides is 1. The van der Waals surface area contributed by atoms with Crippen LogP contribution in [-0.2, 0) is 14.9 Å². The molecule has 0 bridgehead atoms. The molecule has 132 valence electrons. The van der Waals surface area contributed by atoms with Crippen LogP contribution >= 0.6 is 0 Å². The smallest absolute Gasteiger partial charge is 0.233 e. The first-order valence-electron chi connectivity index (χ1n) is 8.98. The molecule has 24 heavy (non-hydrogen) atoms. The number of hydrogen-bond donors (Lipinski definition) is 0. The van der Waals surface area contributed by atoms with E-state index in [-0.39, 0.29) is 10.8 Å². The Morgan fingerprint density at radius 2 is 1.71 bits per heavy atom. The summed E-state index contributed by atoms with van der Waals surface area (Å²) in [4.78, 5) is 17.8. The normalized spacial score (nSPS) is 26.4. The lowest BCUT2D eigenvalue weighted by Gasteiger charge is -2.37. The molecule has 1 atom stereocenters. The summed E-state index contributed by atoms with van der Waals surface area (Å²) in [5.74, 6) is 0.322. The van der Waals surface area contributed by atoms with E-state index in [4.69, 9.17) is 4.74 Å². The number of carbonyl (C=O) groups excluding carboxylic acids is 1. The van der Waals surface area contributed by atoms with Crippen LogP contribution in [0.25, 0.3) is 0 Å². The Labute approximate surface area is 145 Å². The van der Waals surface area contributed by atoms with Gasteiger partial charge in [0, 0.05) is 39.8 Å². The molecule has 1 aromatic carbocycles. The van der Waals surface area contributed by atoms with Crippen molar-refractivity contribution in [1.29, 1.82) is 0 Å². The van der Waals surface area contributed by atoms with E-state index in [2.05, 4.69) is 54.8 Å². The van der Waals surface area contributed by atoms with E-state index in [0.29, 0.717) is 5.91 Å². The Kier molecular flexibility index (Phi) is 4.71. The lowest BCUT2D eigenvalue weighted by Crippen LogP contribution is -2.52. The maximum atomic E-state index is 13.4. The first-order chi connectivity index (χ1) is 11.4. The second-order valence-electron chi connectivity index (χ2n) is 7.96. The van der Waals surface area contributed by atoms with E-state index in [9.17, 15) is 4.79 Å². The molecule has 1 aliphatic heterocycles. The molecule has 1 heterocycles.